The van der Waals surface area contributed by atoms with Gasteiger partial charge in [-0.25, -0.2) is 4.72 Å². The maximum absolute atomic E-state index is 12.2. The summed E-state index contributed by atoms with van der Waals surface area (Å²) in [5, 5.41) is 3.79. The summed E-state index contributed by atoms with van der Waals surface area (Å²) < 4.78 is 27.6. The highest BCUT2D eigenvalue weighted by molar-refractivity contribution is 7.90. The second-order valence-corrected chi connectivity index (χ2v) is 7.21. The molecule has 0 atom stereocenters. The van der Waals surface area contributed by atoms with Crippen molar-refractivity contribution in [3.05, 3.63) is 12.3 Å². The predicted octanol–water partition coefficient (Wildman–Crippen LogP) is 1.05. The van der Waals surface area contributed by atoms with Gasteiger partial charge in [0.1, 0.15) is 0 Å². The topological polar surface area (TPSA) is 81.1 Å². The zero-order chi connectivity index (χ0) is 14.3. The fourth-order valence-corrected chi connectivity index (χ4v) is 3.49. The van der Waals surface area contributed by atoms with Crippen LogP contribution in [0.25, 0.3) is 0 Å². The van der Waals surface area contributed by atoms with Gasteiger partial charge in [-0.1, -0.05) is 20.3 Å². The minimum atomic E-state index is -3.85. The number of rotatable bonds is 4. The van der Waals surface area contributed by atoms with Gasteiger partial charge in [-0.2, -0.15) is 13.5 Å². The molecule has 0 aliphatic heterocycles. The van der Waals surface area contributed by atoms with Crippen LogP contribution in [-0.4, -0.2) is 24.1 Å². The van der Waals surface area contributed by atoms with E-state index in [0.29, 0.717) is 0 Å². The summed E-state index contributed by atoms with van der Waals surface area (Å²) in [6.07, 6.45) is 4.45. The highest BCUT2D eigenvalue weighted by atomic mass is 32.2. The Balaban J connectivity index is 2.17. The van der Waals surface area contributed by atoms with Crippen LogP contribution >= 0.6 is 0 Å². The molecule has 1 saturated carbocycles. The van der Waals surface area contributed by atoms with Crippen molar-refractivity contribution in [1.29, 1.82) is 0 Å². The van der Waals surface area contributed by atoms with Gasteiger partial charge >= 0.3 is 0 Å². The van der Waals surface area contributed by atoms with Crippen molar-refractivity contribution in [1.82, 2.24) is 14.5 Å². The molecule has 2 rings (SSSR count). The Morgan fingerprint density at radius 3 is 2.53 bits per heavy atom. The molecule has 1 heterocycles. The van der Waals surface area contributed by atoms with Crippen molar-refractivity contribution < 1.29 is 13.2 Å². The van der Waals surface area contributed by atoms with Gasteiger partial charge < -0.3 is 0 Å². The second kappa shape index (κ2) is 4.63. The van der Waals surface area contributed by atoms with Crippen LogP contribution in [0.1, 0.15) is 33.1 Å². The Morgan fingerprint density at radius 1 is 1.47 bits per heavy atom. The van der Waals surface area contributed by atoms with E-state index in [9.17, 15) is 13.2 Å². The lowest BCUT2D eigenvalue weighted by atomic mass is 9.67. The normalized spacial score (nSPS) is 17.0. The first-order chi connectivity index (χ1) is 8.75. The molecule has 6 nitrogen and oxygen atoms in total. The van der Waals surface area contributed by atoms with Crippen LogP contribution in [0.2, 0.25) is 0 Å². The lowest BCUT2D eigenvalue weighted by Gasteiger charge is -2.38. The van der Waals surface area contributed by atoms with E-state index in [1.54, 1.807) is 13.8 Å². The summed E-state index contributed by atoms with van der Waals surface area (Å²) in [4.78, 5) is 12.2. The minimum absolute atomic E-state index is 0.00902. The summed E-state index contributed by atoms with van der Waals surface area (Å²) in [6, 6.07) is 1.37. The first-order valence-corrected chi connectivity index (χ1v) is 7.79. The average Bonchev–Trinajstić information content (AvgIpc) is 2.60. The van der Waals surface area contributed by atoms with Crippen molar-refractivity contribution in [3.63, 3.8) is 0 Å². The number of hydrogen-bond donors (Lipinski definition) is 1. The summed E-state index contributed by atoms with van der Waals surface area (Å²) in [7, 11) is -2.32. The third kappa shape index (κ3) is 2.51. The van der Waals surface area contributed by atoms with Crippen molar-refractivity contribution in [2.24, 2.45) is 18.4 Å². The van der Waals surface area contributed by atoms with Gasteiger partial charge in [0.15, 0.2) is 5.03 Å². The number of sulfonamides is 1. The molecule has 7 heteroatoms. The third-order valence-electron chi connectivity index (χ3n) is 3.99. The van der Waals surface area contributed by atoms with Gasteiger partial charge in [-0.15, -0.1) is 0 Å². The number of carbonyl (C=O) groups excluding carboxylic acids is 1. The first-order valence-electron chi connectivity index (χ1n) is 6.30. The molecule has 1 aliphatic carbocycles. The second-order valence-electron chi connectivity index (χ2n) is 5.58. The molecule has 106 valence electrons. The Labute approximate surface area is 113 Å². The van der Waals surface area contributed by atoms with E-state index < -0.39 is 21.3 Å². The number of aromatic nitrogens is 2. The van der Waals surface area contributed by atoms with Crippen LogP contribution in [0.4, 0.5) is 0 Å². The highest BCUT2D eigenvalue weighted by Gasteiger charge is 2.41. The molecule has 0 saturated heterocycles. The van der Waals surface area contributed by atoms with E-state index in [4.69, 9.17) is 0 Å². The number of amides is 1. The predicted molar refractivity (Wildman–Crippen MR) is 69.7 cm³/mol. The van der Waals surface area contributed by atoms with Gasteiger partial charge in [-0.05, 0) is 24.8 Å². The van der Waals surface area contributed by atoms with E-state index in [0.717, 1.165) is 19.3 Å². The molecule has 1 aromatic heterocycles. The Morgan fingerprint density at radius 2 is 2.11 bits per heavy atom. The lowest BCUT2D eigenvalue weighted by Crippen LogP contribution is -2.46. The molecule has 0 radical (unpaired) electrons. The molecule has 0 bridgehead atoms. The SMILES string of the molecule is Cn1nccc1S(=O)(=O)NC(=O)C(C)(C)C1CCC1. The number of hydrogen-bond acceptors (Lipinski definition) is 4. The van der Waals surface area contributed by atoms with Gasteiger partial charge in [0.25, 0.3) is 10.0 Å². The van der Waals surface area contributed by atoms with E-state index in [1.807, 2.05) is 0 Å². The zero-order valence-electron chi connectivity index (χ0n) is 11.4. The Bertz CT molecular complexity index is 585. The Hall–Kier alpha value is -1.37. The van der Waals surface area contributed by atoms with E-state index in [-0.39, 0.29) is 10.9 Å². The Kier molecular flexibility index (Phi) is 3.42. The fourth-order valence-electron chi connectivity index (χ4n) is 2.25. The number of carbonyl (C=O) groups is 1. The summed E-state index contributed by atoms with van der Waals surface area (Å²) in [5.41, 5.74) is -0.663. The van der Waals surface area contributed by atoms with Crippen LogP contribution in [-0.2, 0) is 21.9 Å². The maximum Gasteiger partial charge on any atom is 0.281 e. The molecule has 0 unspecified atom stereocenters. The number of aryl methyl sites for hydroxylation is 1. The minimum Gasteiger partial charge on any atom is -0.273 e. The molecule has 1 amide bonds. The van der Waals surface area contributed by atoms with Crippen molar-refractivity contribution >= 4 is 15.9 Å². The maximum atomic E-state index is 12.2. The van der Waals surface area contributed by atoms with Gasteiger partial charge in [-0.3, -0.25) is 9.48 Å². The number of nitrogens with zero attached hydrogens (tertiary/aromatic N) is 2. The van der Waals surface area contributed by atoms with Crippen molar-refractivity contribution in [2.75, 3.05) is 0 Å². The monoisotopic (exact) mass is 285 g/mol. The molecule has 1 fully saturated rings. The van der Waals surface area contributed by atoms with E-state index in [2.05, 4.69) is 9.82 Å². The smallest absolute Gasteiger partial charge is 0.273 e. The molecular weight excluding hydrogens is 266 g/mol. The molecule has 19 heavy (non-hydrogen) atoms. The third-order valence-corrected chi connectivity index (χ3v) is 5.39. The molecule has 0 aromatic carbocycles. The van der Waals surface area contributed by atoms with Gasteiger partial charge in [0.2, 0.25) is 5.91 Å². The van der Waals surface area contributed by atoms with Gasteiger partial charge in [0, 0.05) is 12.5 Å². The first kappa shape index (κ1) is 14.0. The lowest BCUT2D eigenvalue weighted by molar-refractivity contribution is -0.132. The molecule has 1 N–H and O–H groups in total. The summed E-state index contributed by atoms with van der Waals surface area (Å²) in [5.74, 6) is -0.187. The largest absolute Gasteiger partial charge is 0.281 e. The average molecular weight is 285 g/mol. The number of nitrogens with one attached hydrogen (secondary N) is 1. The molecule has 0 spiro atoms. The van der Waals surface area contributed by atoms with Crippen LogP contribution < -0.4 is 4.72 Å². The zero-order valence-corrected chi connectivity index (χ0v) is 12.2. The quantitative estimate of drug-likeness (QED) is 0.896. The molecule has 1 aromatic rings. The van der Waals surface area contributed by atoms with Gasteiger partial charge in [0.05, 0.1) is 6.20 Å². The molecule has 1 aliphatic rings. The van der Waals surface area contributed by atoms with Crippen molar-refractivity contribution in [3.8, 4) is 0 Å². The van der Waals surface area contributed by atoms with Crippen molar-refractivity contribution in [2.45, 2.75) is 38.1 Å². The summed E-state index contributed by atoms with van der Waals surface area (Å²) >= 11 is 0. The van der Waals surface area contributed by atoms with Crippen LogP contribution in [0.5, 0.6) is 0 Å². The standard InChI is InChI=1S/C12H19N3O3S/c1-12(2,9-5-4-6-9)11(16)14-19(17,18)10-7-8-13-15(10)3/h7-9H,4-6H2,1-3H3,(H,14,16). The fraction of sp³-hybridized carbons (Fsp3) is 0.667. The summed E-state index contributed by atoms with van der Waals surface area (Å²) in [6.45, 7) is 3.59. The highest BCUT2D eigenvalue weighted by Crippen LogP contribution is 2.41. The van der Waals surface area contributed by atoms with E-state index >= 15 is 0 Å². The van der Waals surface area contributed by atoms with Crippen LogP contribution in [0.3, 0.4) is 0 Å². The van der Waals surface area contributed by atoms with Crippen LogP contribution in [0, 0.1) is 11.3 Å². The molecular formula is C12H19N3O3S. The van der Waals surface area contributed by atoms with Crippen LogP contribution in [0.15, 0.2) is 17.3 Å². The van der Waals surface area contributed by atoms with E-state index in [1.165, 1.54) is 24.0 Å².